The number of carbonyl (C=O) groups excluding carboxylic acids is 2. The van der Waals surface area contributed by atoms with Gasteiger partial charge in [0.1, 0.15) is 0 Å². The summed E-state index contributed by atoms with van der Waals surface area (Å²) in [6, 6.07) is 8.83. The average molecular weight is 404 g/mol. The van der Waals surface area contributed by atoms with E-state index in [1.807, 2.05) is 13.0 Å². The van der Waals surface area contributed by atoms with E-state index in [0.29, 0.717) is 64.8 Å². The fourth-order valence-corrected chi connectivity index (χ4v) is 3.56. The van der Waals surface area contributed by atoms with Crippen molar-refractivity contribution < 1.29 is 23.8 Å². The molecule has 1 fully saturated rings. The van der Waals surface area contributed by atoms with Crippen LogP contribution < -0.4 is 4.90 Å². The summed E-state index contributed by atoms with van der Waals surface area (Å²) >= 11 is 6.04. The first kappa shape index (κ1) is 20.2. The van der Waals surface area contributed by atoms with E-state index in [0.717, 1.165) is 0 Å². The van der Waals surface area contributed by atoms with Crippen LogP contribution in [0.2, 0.25) is 5.02 Å². The number of carbonyl (C=O) groups is 2. The molecule has 1 saturated heterocycles. The van der Waals surface area contributed by atoms with Crippen molar-refractivity contribution in [1.29, 1.82) is 0 Å². The van der Waals surface area contributed by atoms with E-state index in [1.54, 1.807) is 24.3 Å². The first-order chi connectivity index (χ1) is 13.5. The number of methoxy groups -OCH3 is 2. The third kappa shape index (κ3) is 3.84. The normalized spacial score (nSPS) is 13.9. The average Bonchev–Trinajstić information content (AvgIpc) is 2.73. The molecular formula is C21H22ClNO5. The lowest BCUT2D eigenvalue weighted by Gasteiger charge is -2.32. The van der Waals surface area contributed by atoms with E-state index in [-0.39, 0.29) is 0 Å². The fraction of sp³-hybridized carbons (Fsp3) is 0.333. The molecule has 1 aliphatic heterocycles. The molecule has 2 aromatic rings. The van der Waals surface area contributed by atoms with Gasteiger partial charge in [-0.25, -0.2) is 9.59 Å². The van der Waals surface area contributed by atoms with Crippen LogP contribution in [0.1, 0.15) is 26.3 Å². The summed E-state index contributed by atoms with van der Waals surface area (Å²) in [5.74, 6) is -1.03. The number of nitrogens with zero attached hydrogens (tertiary/aromatic N) is 1. The lowest BCUT2D eigenvalue weighted by atomic mass is 9.89. The molecule has 0 N–H and O–H groups in total. The van der Waals surface area contributed by atoms with Crippen molar-refractivity contribution in [3.8, 4) is 11.1 Å². The Morgan fingerprint density at radius 3 is 2.14 bits per heavy atom. The van der Waals surface area contributed by atoms with E-state index in [9.17, 15) is 9.59 Å². The van der Waals surface area contributed by atoms with Crippen LogP contribution in [0, 0.1) is 6.92 Å². The highest BCUT2D eigenvalue weighted by molar-refractivity contribution is 6.30. The van der Waals surface area contributed by atoms with Crippen LogP contribution in [-0.4, -0.2) is 52.5 Å². The molecule has 0 atom stereocenters. The van der Waals surface area contributed by atoms with Gasteiger partial charge < -0.3 is 19.1 Å². The van der Waals surface area contributed by atoms with E-state index < -0.39 is 11.9 Å². The highest BCUT2D eigenvalue weighted by Crippen LogP contribution is 2.38. The zero-order chi connectivity index (χ0) is 20.3. The number of benzene rings is 2. The van der Waals surface area contributed by atoms with Crippen LogP contribution in [0.4, 0.5) is 5.69 Å². The number of rotatable bonds is 4. The summed E-state index contributed by atoms with van der Waals surface area (Å²) in [6.07, 6.45) is 0. The van der Waals surface area contributed by atoms with E-state index >= 15 is 0 Å². The molecule has 0 unspecified atom stereocenters. The van der Waals surface area contributed by atoms with Crippen molar-refractivity contribution in [2.24, 2.45) is 0 Å². The molecule has 6 nitrogen and oxygen atoms in total. The number of anilines is 1. The molecule has 0 aliphatic carbocycles. The minimum atomic E-state index is -0.517. The van der Waals surface area contributed by atoms with Gasteiger partial charge in [-0.1, -0.05) is 23.7 Å². The summed E-state index contributed by atoms with van der Waals surface area (Å²) in [6.45, 7) is 4.24. The number of morpholine rings is 1. The van der Waals surface area contributed by atoms with Crippen molar-refractivity contribution in [2.75, 3.05) is 45.4 Å². The number of esters is 2. The first-order valence-electron chi connectivity index (χ1n) is 8.90. The maximum Gasteiger partial charge on any atom is 0.340 e. The zero-order valence-corrected chi connectivity index (χ0v) is 16.8. The molecule has 0 spiro atoms. The van der Waals surface area contributed by atoms with Gasteiger partial charge in [0, 0.05) is 23.7 Å². The number of aryl methyl sites for hydroxylation is 1. The molecule has 0 radical (unpaired) electrons. The Bertz CT molecular complexity index is 889. The van der Waals surface area contributed by atoms with Crippen molar-refractivity contribution in [3.05, 3.63) is 52.0 Å². The van der Waals surface area contributed by atoms with Crippen LogP contribution in [0.25, 0.3) is 11.1 Å². The lowest BCUT2D eigenvalue weighted by Crippen LogP contribution is -2.37. The highest BCUT2D eigenvalue weighted by atomic mass is 35.5. The molecule has 28 heavy (non-hydrogen) atoms. The Balaban J connectivity index is 2.35. The molecule has 0 saturated carbocycles. The molecule has 1 heterocycles. The van der Waals surface area contributed by atoms with Crippen LogP contribution in [0.3, 0.4) is 0 Å². The van der Waals surface area contributed by atoms with Gasteiger partial charge in [-0.3, -0.25) is 0 Å². The van der Waals surface area contributed by atoms with E-state index in [2.05, 4.69) is 4.90 Å². The largest absolute Gasteiger partial charge is 0.465 e. The summed E-state index contributed by atoms with van der Waals surface area (Å²) in [7, 11) is 2.65. The van der Waals surface area contributed by atoms with Crippen LogP contribution >= 0.6 is 11.6 Å². The molecule has 1 aliphatic rings. The monoisotopic (exact) mass is 403 g/mol. The predicted octanol–water partition coefficient (Wildman–Crippen LogP) is 3.73. The van der Waals surface area contributed by atoms with Gasteiger partial charge in [0.15, 0.2) is 0 Å². The first-order valence-corrected chi connectivity index (χ1v) is 9.28. The maximum atomic E-state index is 12.9. The lowest BCUT2D eigenvalue weighted by molar-refractivity contribution is 0.0600. The van der Waals surface area contributed by atoms with Gasteiger partial charge in [0.05, 0.1) is 44.2 Å². The smallest absolute Gasteiger partial charge is 0.340 e. The Morgan fingerprint density at radius 2 is 1.57 bits per heavy atom. The second-order valence-corrected chi connectivity index (χ2v) is 6.86. The van der Waals surface area contributed by atoms with Crippen LogP contribution in [-0.2, 0) is 14.2 Å². The Morgan fingerprint density at radius 1 is 1.00 bits per heavy atom. The Hall–Kier alpha value is -2.57. The third-order valence-corrected chi connectivity index (χ3v) is 5.02. The Labute approximate surface area is 168 Å². The van der Waals surface area contributed by atoms with Crippen molar-refractivity contribution >= 4 is 29.2 Å². The molecule has 0 bridgehead atoms. The molecule has 0 amide bonds. The second-order valence-electron chi connectivity index (χ2n) is 6.43. The Kier molecular flexibility index (Phi) is 6.21. The van der Waals surface area contributed by atoms with Gasteiger partial charge in [-0.2, -0.15) is 0 Å². The van der Waals surface area contributed by atoms with E-state index in [4.69, 9.17) is 25.8 Å². The summed E-state index contributed by atoms with van der Waals surface area (Å²) < 4.78 is 15.5. The summed E-state index contributed by atoms with van der Waals surface area (Å²) in [4.78, 5) is 27.5. The number of ether oxygens (including phenoxy) is 3. The minimum absolute atomic E-state index is 0.331. The predicted molar refractivity (Wildman–Crippen MR) is 107 cm³/mol. The topological polar surface area (TPSA) is 65.1 Å². The molecule has 148 valence electrons. The van der Waals surface area contributed by atoms with Crippen molar-refractivity contribution in [2.45, 2.75) is 6.92 Å². The maximum absolute atomic E-state index is 12.9. The van der Waals surface area contributed by atoms with Gasteiger partial charge in [-0.05, 0) is 36.2 Å². The second kappa shape index (κ2) is 8.63. The quantitative estimate of drug-likeness (QED) is 0.725. The zero-order valence-electron chi connectivity index (χ0n) is 16.1. The summed E-state index contributed by atoms with van der Waals surface area (Å²) in [5.41, 5.74) is 3.26. The van der Waals surface area contributed by atoms with Crippen molar-refractivity contribution in [3.63, 3.8) is 0 Å². The minimum Gasteiger partial charge on any atom is -0.465 e. The number of halogens is 1. The molecule has 7 heteroatoms. The molecule has 3 rings (SSSR count). The van der Waals surface area contributed by atoms with Gasteiger partial charge >= 0.3 is 11.9 Å². The van der Waals surface area contributed by atoms with Gasteiger partial charge in [0.2, 0.25) is 0 Å². The van der Waals surface area contributed by atoms with Gasteiger partial charge in [-0.15, -0.1) is 0 Å². The van der Waals surface area contributed by atoms with Crippen LogP contribution in [0.5, 0.6) is 0 Å². The van der Waals surface area contributed by atoms with E-state index in [1.165, 1.54) is 14.2 Å². The fourth-order valence-electron chi connectivity index (χ4n) is 3.43. The number of hydrogen-bond donors (Lipinski definition) is 0. The molecule has 2 aromatic carbocycles. The summed E-state index contributed by atoms with van der Waals surface area (Å²) in [5, 5.41) is 0.559. The third-order valence-electron chi connectivity index (χ3n) is 4.77. The van der Waals surface area contributed by atoms with Crippen molar-refractivity contribution in [1.82, 2.24) is 0 Å². The standard InChI is InChI=1S/C21H22ClNO5/c1-13-12-16(23-8-10-28-11-9-23)19(21(25)27-3)18(17(13)20(24)26-2)14-4-6-15(22)7-5-14/h4-7,12H,8-11H2,1-3H3. The molecular weight excluding hydrogens is 382 g/mol. The van der Waals surface area contributed by atoms with Gasteiger partial charge in [0.25, 0.3) is 0 Å². The molecule has 0 aromatic heterocycles. The highest BCUT2D eigenvalue weighted by Gasteiger charge is 2.30. The van der Waals surface area contributed by atoms with Crippen LogP contribution in [0.15, 0.2) is 30.3 Å². The number of hydrogen-bond acceptors (Lipinski definition) is 6. The SMILES string of the molecule is COC(=O)c1c(C)cc(N2CCOCC2)c(C(=O)OC)c1-c1ccc(Cl)cc1.